The first kappa shape index (κ1) is 15.9. The molecule has 78 valence electrons. The van der Waals surface area contributed by atoms with Crippen LogP contribution in [0.4, 0.5) is 0 Å². The maximum atomic E-state index is 10.5. The van der Waals surface area contributed by atoms with Crippen molar-refractivity contribution < 1.29 is 31.5 Å². The number of rotatable bonds is 1. The molecule has 0 atom stereocenters. The molecule has 6 nitrogen and oxygen atoms in total. The van der Waals surface area contributed by atoms with Gasteiger partial charge in [-0.3, -0.25) is 4.55 Å². The Morgan fingerprint density at radius 1 is 1.21 bits per heavy atom. The summed E-state index contributed by atoms with van der Waals surface area (Å²) < 4.78 is 29.5. The van der Waals surface area contributed by atoms with Gasteiger partial charge in [-0.1, -0.05) is 0 Å². The van der Waals surface area contributed by atoms with Crippen molar-refractivity contribution in [1.82, 2.24) is 0 Å². The van der Waals surface area contributed by atoms with Gasteiger partial charge in [0.25, 0.3) is 10.1 Å². The number of phenolic OH excluding ortho intramolecular Hbond substituents is 2. The molecule has 0 aromatic heterocycles. The Morgan fingerprint density at radius 2 is 1.71 bits per heavy atom. The van der Waals surface area contributed by atoms with Crippen LogP contribution in [0.1, 0.15) is 2.85 Å². The van der Waals surface area contributed by atoms with Crippen LogP contribution in [0.5, 0.6) is 11.5 Å². The number of hydrogen-bond acceptors (Lipinski definition) is 4. The minimum absolute atomic E-state index is 0. The van der Waals surface area contributed by atoms with E-state index in [1.54, 1.807) is 0 Å². The third-order valence-corrected chi connectivity index (χ3v) is 2.10. The van der Waals surface area contributed by atoms with Gasteiger partial charge < -0.3 is 18.5 Å². The van der Waals surface area contributed by atoms with Gasteiger partial charge in [-0.25, -0.2) is 0 Å². The third kappa shape index (κ3) is 3.68. The summed E-state index contributed by atoms with van der Waals surface area (Å²) in [6, 6.07) is 2.83. The Balaban J connectivity index is -0.000000180. The number of aromatic hydroxyl groups is 2. The van der Waals surface area contributed by atoms with E-state index in [4.69, 9.17) is 14.8 Å². The van der Waals surface area contributed by atoms with Crippen LogP contribution in [0.3, 0.4) is 0 Å². The molecule has 0 aliphatic carbocycles. The van der Waals surface area contributed by atoms with E-state index < -0.39 is 20.8 Å². The predicted molar refractivity (Wildman–Crippen MR) is 51.2 cm³/mol. The molecule has 0 radical (unpaired) electrons. The van der Waals surface area contributed by atoms with E-state index in [-0.39, 0.29) is 37.1 Å². The van der Waals surface area contributed by atoms with Gasteiger partial charge >= 0.3 is 23.1 Å². The second-order valence-electron chi connectivity index (χ2n) is 2.13. The van der Waals surface area contributed by atoms with Crippen LogP contribution in [0.15, 0.2) is 23.1 Å². The Bertz CT molecular complexity index is 409. The van der Waals surface area contributed by atoms with Crippen molar-refractivity contribution in [3.63, 3.8) is 0 Å². The fraction of sp³-hybridized carbons (Fsp3) is 0. The van der Waals surface area contributed by atoms with Gasteiger partial charge in [0.05, 0.1) is 0 Å². The van der Waals surface area contributed by atoms with E-state index in [2.05, 4.69) is 0 Å². The SMILES string of the molecule is O.O=S(=O)(O)c1cc(O)ccc1O.[H-].[H-].[Mg+2]. The van der Waals surface area contributed by atoms with E-state index in [0.717, 1.165) is 18.2 Å². The second-order valence-corrected chi connectivity index (χ2v) is 3.52. The minimum Gasteiger partial charge on any atom is -1.00 e. The minimum atomic E-state index is -4.47. The molecule has 8 heteroatoms. The van der Waals surface area contributed by atoms with Crippen molar-refractivity contribution >= 4 is 33.2 Å². The first-order valence-corrected chi connectivity index (χ1v) is 4.35. The zero-order valence-electron chi connectivity index (χ0n) is 9.01. The Morgan fingerprint density at radius 3 is 2.07 bits per heavy atom. The van der Waals surface area contributed by atoms with E-state index in [0.29, 0.717) is 0 Å². The second kappa shape index (κ2) is 5.36. The quantitative estimate of drug-likeness (QED) is 0.338. The summed E-state index contributed by atoms with van der Waals surface area (Å²) in [4.78, 5) is -0.706. The van der Waals surface area contributed by atoms with Gasteiger partial charge in [0.1, 0.15) is 16.4 Å². The molecule has 14 heavy (non-hydrogen) atoms. The molecule has 0 aliphatic rings. The first-order chi connectivity index (χ1) is 5.41. The average molecular weight is 235 g/mol. The molecule has 0 saturated heterocycles. The molecule has 0 aliphatic heterocycles. The molecule has 0 fully saturated rings. The van der Waals surface area contributed by atoms with Crippen LogP contribution in [-0.2, 0) is 10.1 Å². The van der Waals surface area contributed by atoms with Crippen molar-refractivity contribution in [2.24, 2.45) is 0 Å². The van der Waals surface area contributed by atoms with Crippen molar-refractivity contribution in [1.29, 1.82) is 0 Å². The Kier molecular flexibility index (Phi) is 6.10. The van der Waals surface area contributed by atoms with Gasteiger partial charge in [-0.2, -0.15) is 8.42 Å². The summed E-state index contributed by atoms with van der Waals surface area (Å²) in [5.74, 6) is -0.948. The monoisotopic (exact) mass is 234 g/mol. The van der Waals surface area contributed by atoms with Gasteiger partial charge in [0, 0.05) is 6.07 Å². The predicted octanol–water partition coefficient (Wildman–Crippen LogP) is -0.636. The smallest absolute Gasteiger partial charge is 1.00 e. The fourth-order valence-corrected chi connectivity index (χ4v) is 1.31. The van der Waals surface area contributed by atoms with Gasteiger partial charge in [-0.05, 0) is 12.1 Å². The van der Waals surface area contributed by atoms with Gasteiger partial charge in [0.2, 0.25) is 0 Å². The molecule has 1 rings (SSSR count). The Labute approximate surface area is 99.4 Å². The van der Waals surface area contributed by atoms with E-state index >= 15 is 0 Å². The molecule has 0 spiro atoms. The molecule has 1 aromatic carbocycles. The zero-order chi connectivity index (χ0) is 9.35. The van der Waals surface area contributed by atoms with Crippen molar-refractivity contribution in [3.05, 3.63) is 18.2 Å². The molecule has 0 saturated carbocycles. The maximum absolute atomic E-state index is 10.5. The molecular formula is C6H10MgO6S. The average Bonchev–Trinajstić information content (AvgIpc) is 1.92. The van der Waals surface area contributed by atoms with Crippen molar-refractivity contribution in [3.8, 4) is 11.5 Å². The van der Waals surface area contributed by atoms with E-state index in [1.807, 2.05) is 0 Å². The number of hydrogen-bond donors (Lipinski definition) is 3. The summed E-state index contributed by atoms with van der Waals surface area (Å²) in [6.45, 7) is 0. The normalized spacial score (nSPS) is 9.79. The van der Waals surface area contributed by atoms with Crippen LogP contribution >= 0.6 is 0 Å². The van der Waals surface area contributed by atoms with Crippen LogP contribution in [0.25, 0.3) is 0 Å². The van der Waals surface area contributed by atoms with Crippen LogP contribution in [0, 0.1) is 0 Å². The van der Waals surface area contributed by atoms with Crippen molar-refractivity contribution in [2.75, 3.05) is 0 Å². The molecular weight excluding hydrogens is 224 g/mol. The molecule has 1 aromatic rings. The standard InChI is InChI=1S/C6H6O5S.Mg.H2O.2H/c7-4-1-2-5(8)6(3-4)12(9,10)11;;;;/h1-3,7-8H,(H,9,10,11);;1H2;;/q;+2;;2*-1. The summed E-state index contributed by atoms with van der Waals surface area (Å²) >= 11 is 0. The van der Waals surface area contributed by atoms with Crippen LogP contribution in [0.2, 0.25) is 0 Å². The van der Waals surface area contributed by atoms with Crippen LogP contribution < -0.4 is 0 Å². The Hall–Kier alpha value is -0.544. The summed E-state index contributed by atoms with van der Waals surface area (Å²) in [7, 11) is -4.47. The van der Waals surface area contributed by atoms with Crippen molar-refractivity contribution in [2.45, 2.75) is 4.90 Å². The summed E-state index contributed by atoms with van der Waals surface area (Å²) in [6.07, 6.45) is 0. The van der Waals surface area contributed by atoms with Crippen LogP contribution in [-0.4, -0.2) is 51.7 Å². The number of benzene rings is 1. The molecule has 0 bridgehead atoms. The zero-order valence-corrected chi connectivity index (χ0v) is 9.24. The number of phenols is 2. The maximum Gasteiger partial charge on any atom is 2.00 e. The summed E-state index contributed by atoms with van der Waals surface area (Å²) in [5, 5.41) is 17.7. The molecule has 0 unspecified atom stereocenters. The first-order valence-electron chi connectivity index (χ1n) is 2.91. The molecule has 0 amide bonds. The topological polar surface area (TPSA) is 126 Å². The molecule has 5 N–H and O–H groups in total. The fourth-order valence-electron chi connectivity index (χ4n) is 0.709. The van der Waals surface area contributed by atoms with Gasteiger partial charge in [0.15, 0.2) is 0 Å². The summed E-state index contributed by atoms with van der Waals surface area (Å²) in [5.41, 5.74) is 0. The molecule has 0 heterocycles. The van der Waals surface area contributed by atoms with Gasteiger partial charge in [-0.15, -0.1) is 0 Å². The third-order valence-electron chi connectivity index (χ3n) is 1.22. The van der Waals surface area contributed by atoms with E-state index in [9.17, 15) is 8.42 Å². The van der Waals surface area contributed by atoms with E-state index in [1.165, 1.54) is 0 Å². The largest absolute Gasteiger partial charge is 2.00 e.